The van der Waals surface area contributed by atoms with Crippen LogP contribution in [0.25, 0.3) is 17.3 Å². The number of rotatable bonds is 7. The van der Waals surface area contributed by atoms with Gasteiger partial charge < -0.3 is 5.32 Å². The number of nitrogens with zero attached hydrogens (tertiary/aromatic N) is 2. The van der Waals surface area contributed by atoms with Crippen LogP contribution in [0.4, 0.5) is 5.69 Å². The van der Waals surface area contributed by atoms with E-state index >= 15 is 0 Å². The molecule has 0 atom stereocenters. The van der Waals surface area contributed by atoms with E-state index in [0.717, 1.165) is 34.1 Å². The SMILES string of the molecule is Cc1nccc(-c2cccc(NC(=O)CCSC=Cc3ccccc3)c2)n1. The molecule has 0 unspecified atom stereocenters. The van der Waals surface area contributed by atoms with E-state index in [0.29, 0.717) is 6.42 Å². The molecule has 1 amide bonds. The second-order valence-electron chi connectivity index (χ2n) is 5.95. The molecule has 27 heavy (non-hydrogen) atoms. The van der Waals surface area contributed by atoms with Gasteiger partial charge in [0.2, 0.25) is 5.91 Å². The van der Waals surface area contributed by atoms with Crippen molar-refractivity contribution in [3.8, 4) is 11.3 Å². The summed E-state index contributed by atoms with van der Waals surface area (Å²) in [7, 11) is 0. The largest absolute Gasteiger partial charge is 0.326 e. The van der Waals surface area contributed by atoms with Crippen LogP contribution in [-0.2, 0) is 4.79 Å². The summed E-state index contributed by atoms with van der Waals surface area (Å²) in [5.41, 5.74) is 3.74. The number of anilines is 1. The van der Waals surface area contributed by atoms with Gasteiger partial charge in [0.15, 0.2) is 0 Å². The Kier molecular flexibility index (Phi) is 6.77. The smallest absolute Gasteiger partial charge is 0.225 e. The lowest BCUT2D eigenvalue weighted by Crippen LogP contribution is -2.12. The summed E-state index contributed by atoms with van der Waals surface area (Å²) in [5, 5.41) is 4.98. The molecule has 5 heteroatoms. The van der Waals surface area contributed by atoms with Crippen molar-refractivity contribution in [2.24, 2.45) is 0 Å². The third-order valence-corrected chi connectivity index (χ3v) is 4.59. The number of benzene rings is 2. The third-order valence-electron chi connectivity index (χ3n) is 3.82. The molecule has 136 valence electrons. The van der Waals surface area contributed by atoms with Gasteiger partial charge in [-0.15, -0.1) is 11.8 Å². The van der Waals surface area contributed by atoms with Crippen LogP contribution in [0.2, 0.25) is 0 Å². The van der Waals surface area contributed by atoms with Gasteiger partial charge in [-0.3, -0.25) is 4.79 Å². The van der Waals surface area contributed by atoms with Gasteiger partial charge in [0.1, 0.15) is 5.82 Å². The van der Waals surface area contributed by atoms with Crippen LogP contribution in [-0.4, -0.2) is 21.6 Å². The van der Waals surface area contributed by atoms with E-state index in [1.54, 1.807) is 18.0 Å². The minimum atomic E-state index is 0.00614. The third kappa shape index (κ3) is 6.08. The summed E-state index contributed by atoms with van der Waals surface area (Å²) in [6.07, 6.45) is 4.25. The van der Waals surface area contributed by atoms with Crippen LogP contribution in [0, 0.1) is 6.92 Å². The zero-order valence-electron chi connectivity index (χ0n) is 15.1. The second kappa shape index (κ2) is 9.69. The second-order valence-corrected chi connectivity index (χ2v) is 6.97. The van der Waals surface area contributed by atoms with E-state index in [1.807, 2.05) is 60.9 Å². The van der Waals surface area contributed by atoms with Crippen molar-refractivity contribution in [3.63, 3.8) is 0 Å². The molecule has 0 radical (unpaired) electrons. The van der Waals surface area contributed by atoms with Gasteiger partial charge in [0.25, 0.3) is 0 Å². The zero-order valence-corrected chi connectivity index (χ0v) is 15.9. The van der Waals surface area contributed by atoms with E-state index in [-0.39, 0.29) is 5.91 Å². The molecule has 0 aliphatic heterocycles. The maximum atomic E-state index is 12.2. The Labute approximate surface area is 163 Å². The van der Waals surface area contributed by atoms with E-state index in [1.165, 1.54) is 0 Å². The highest BCUT2D eigenvalue weighted by Crippen LogP contribution is 2.21. The molecule has 4 nitrogen and oxygen atoms in total. The Bertz CT molecular complexity index is 926. The van der Waals surface area contributed by atoms with E-state index < -0.39 is 0 Å². The number of carbonyl (C=O) groups excluding carboxylic acids is 1. The fourth-order valence-electron chi connectivity index (χ4n) is 2.51. The molecule has 0 saturated carbocycles. The minimum absolute atomic E-state index is 0.00614. The molecular weight excluding hydrogens is 354 g/mol. The Morgan fingerprint density at radius 2 is 1.96 bits per heavy atom. The number of hydrogen-bond donors (Lipinski definition) is 1. The molecule has 0 aliphatic rings. The summed E-state index contributed by atoms with van der Waals surface area (Å²) >= 11 is 1.63. The molecule has 1 aromatic heterocycles. The topological polar surface area (TPSA) is 54.9 Å². The van der Waals surface area contributed by atoms with Crippen LogP contribution < -0.4 is 5.32 Å². The number of aromatic nitrogens is 2. The van der Waals surface area contributed by atoms with Crippen LogP contribution >= 0.6 is 11.8 Å². The van der Waals surface area contributed by atoms with Crippen molar-refractivity contribution < 1.29 is 4.79 Å². The first-order chi connectivity index (χ1) is 13.2. The van der Waals surface area contributed by atoms with Crippen LogP contribution in [0.15, 0.2) is 72.3 Å². The van der Waals surface area contributed by atoms with Gasteiger partial charge in [0, 0.05) is 29.6 Å². The molecular formula is C22H21N3OS. The first kappa shape index (κ1) is 18.9. The molecule has 3 rings (SSSR count). The Morgan fingerprint density at radius 3 is 2.78 bits per heavy atom. The van der Waals surface area contributed by atoms with Crippen LogP contribution in [0.3, 0.4) is 0 Å². The Hall–Kier alpha value is -2.92. The maximum Gasteiger partial charge on any atom is 0.225 e. The standard InChI is InChI=1S/C22H21N3OS/c1-17-23-13-10-21(24-17)19-8-5-9-20(16-19)25-22(26)12-15-27-14-11-18-6-3-2-4-7-18/h2-11,13-14,16H,12,15H2,1H3,(H,25,26). The molecule has 0 spiro atoms. The van der Waals surface area contributed by atoms with Gasteiger partial charge in [-0.05, 0) is 42.2 Å². The summed E-state index contributed by atoms with van der Waals surface area (Å²) in [4.78, 5) is 20.7. The highest BCUT2D eigenvalue weighted by Gasteiger charge is 2.05. The summed E-state index contributed by atoms with van der Waals surface area (Å²) < 4.78 is 0. The predicted octanol–water partition coefficient (Wildman–Crippen LogP) is 5.18. The quantitative estimate of drug-likeness (QED) is 0.578. The van der Waals surface area contributed by atoms with Crippen molar-refractivity contribution in [2.75, 3.05) is 11.1 Å². The molecule has 1 heterocycles. The molecule has 0 bridgehead atoms. The fraction of sp³-hybridized carbons (Fsp3) is 0.136. The Morgan fingerprint density at radius 1 is 1.11 bits per heavy atom. The van der Waals surface area contributed by atoms with Crippen LogP contribution in [0.1, 0.15) is 17.8 Å². The molecule has 0 saturated heterocycles. The lowest BCUT2D eigenvalue weighted by Gasteiger charge is -2.07. The molecule has 3 aromatic rings. The first-order valence-corrected chi connectivity index (χ1v) is 9.79. The molecule has 0 aliphatic carbocycles. The fourth-order valence-corrected chi connectivity index (χ4v) is 3.20. The maximum absolute atomic E-state index is 12.2. The van der Waals surface area contributed by atoms with Crippen LogP contribution in [0.5, 0.6) is 0 Å². The summed E-state index contributed by atoms with van der Waals surface area (Å²) in [6.45, 7) is 1.86. The number of amides is 1. The average Bonchev–Trinajstić information content (AvgIpc) is 2.69. The predicted molar refractivity (Wildman–Crippen MR) is 113 cm³/mol. The van der Waals surface area contributed by atoms with Crippen molar-refractivity contribution in [1.82, 2.24) is 9.97 Å². The monoisotopic (exact) mass is 375 g/mol. The number of carbonyl (C=O) groups is 1. The average molecular weight is 375 g/mol. The zero-order chi connectivity index (χ0) is 18.9. The number of thioether (sulfide) groups is 1. The Balaban J connectivity index is 1.49. The summed E-state index contributed by atoms with van der Waals surface area (Å²) in [6, 6.07) is 19.7. The first-order valence-electron chi connectivity index (χ1n) is 8.74. The van der Waals surface area contributed by atoms with Gasteiger partial charge >= 0.3 is 0 Å². The summed E-state index contributed by atoms with van der Waals surface area (Å²) in [5.74, 6) is 1.47. The molecule has 0 fully saturated rings. The van der Waals surface area contributed by atoms with E-state index in [2.05, 4.69) is 33.5 Å². The lowest BCUT2D eigenvalue weighted by molar-refractivity contribution is -0.115. The van der Waals surface area contributed by atoms with E-state index in [9.17, 15) is 4.79 Å². The van der Waals surface area contributed by atoms with Crippen molar-refractivity contribution in [3.05, 3.63) is 83.7 Å². The highest BCUT2D eigenvalue weighted by molar-refractivity contribution is 8.02. The van der Waals surface area contributed by atoms with Gasteiger partial charge in [-0.1, -0.05) is 42.5 Å². The van der Waals surface area contributed by atoms with Gasteiger partial charge in [0.05, 0.1) is 5.69 Å². The normalized spacial score (nSPS) is 10.9. The highest BCUT2D eigenvalue weighted by atomic mass is 32.2. The van der Waals surface area contributed by atoms with Crippen molar-refractivity contribution >= 4 is 29.4 Å². The number of aryl methyl sites for hydroxylation is 1. The van der Waals surface area contributed by atoms with Gasteiger partial charge in [-0.25, -0.2) is 9.97 Å². The molecule has 2 aromatic carbocycles. The number of hydrogen-bond acceptors (Lipinski definition) is 4. The number of nitrogens with one attached hydrogen (secondary N) is 1. The molecule has 1 N–H and O–H groups in total. The van der Waals surface area contributed by atoms with E-state index in [4.69, 9.17) is 0 Å². The van der Waals surface area contributed by atoms with Crippen molar-refractivity contribution in [1.29, 1.82) is 0 Å². The minimum Gasteiger partial charge on any atom is -0.326 e. The van der Waals surface area contributed by atoms with Crippen molar-refractivity contribution in [2.45, 2.75) is 13.3 Å². The van der Waals surface area contributed by atoms with Gasteiger partial charge in [-0.2, -0.15) is 0 Å². The lowest BCUT2D eigenvalue weighted by atomic mass is 10.1.